The third-order valence-electron chi connectivity index (χ3n) is 1.58. The molecule has 0 spiro atoms. The molecule has 0 radical (unpaired) electrons. The zero-order valence-corrected chi connectivity index (χ0v) is 7.51. The summed E-state index contributed by atoms with van der Waals surface area (Å²) in [4.78, 5) is 13.5. The Balaban J connectivity index is 2.69. The van der Waals surface area contributed by atoms with Gasteiger partial charge in [-0.3, -0.25) is 4.98 Å². The number of urea groups is 1. The number of alkyl halides is 3. The van der Waals surface area contributed by atoms with E-state index < -0.39 is 17.9 Å². The molecule has 1 heterocycles. The fourth-order valence-corrected chi connectivity index (χ4v) is 0.886. The van der Waals surface area contributed by atoms with Gasteiger partial charge >= 0.3 is 12.2 Å². The number of hydrogen-bond acceptors (Lipinski definition) is 2. The second-order valence-electron chi connectivity index (χ2n) is 2.77. The van der Waals surface area contributed by atoms with Gasteiger partial charge in [0.25, 0.3) is 0 Å². The number of aromatic nitrogens is 1. The molecule has 15 heavy (non-hydrogen) atoms. The van der Waals surface area contributed by atoms with E-state index in [0.717, 1.165) is 12.3 Å². The molecule has 0 aliphatic rings. The summed E-state index contributed by atoms with van der Waals surface area (Å²) in [6.07, 6.45) is -3.41. The topological polar surface area (TPSA) is 68.0 Å². The molecule has 4 nitrogen and oxygen atoms in total. The summed E-state index contributed by atoms with van der Waals surface area (Å²) < 4.78 is 36.2. The highest BCUT2D eigenvalue weighted by atomic mass is 19.4. The summed E-state index contributed by atoms with van der Waals surface area (Å²) in [5, 5.41) is 2.24. The largest absolute Gasteiger partial charge is 0.433 e. The lowest BCUT2D eigenvalue weighted by atomic mass is 10.2. The van der Waals surface area contributed by atoms with E-state index in [1.54, 1.807) is 0 Å². The van der Waals surface area contributed by atoms with Crippen molar-refractivity contribution >= 4 is 6.03 Å². The van der Waals surface area contributed by atoms with Crippen LogP contribution < -0.4 is 11.1 Å². The number of carbonyl (C=O) groups excluding carboxylic acids is 1. The molecular formula is C8H8F3N3O. The van der Waals surface area contributed by atoms with Gasteiger partial charge in [0.2, 0.25) is 0 Å². The van der Waals surface area contributed by atoms with E-state index in [9.17, 15) is 18.0 Å². The van der Waals surface area contributed by atoms with Crippen LogP contribution in [0.4, 0.5) is 18.0 Å². The first-order chi connectivity index (χ1) is 6.89. The smallest absolute Gasteiger partial charge is 0.352 e. The van der Waals surface area contributed by atoms with Crippen molar-refractivity contribution in [2.75, 3.05) is 0 Å². The average Bonchev–Trinajstić information content (AvgIpc) is 2.14. The van der Waals surface area contributed by atoms with Crippen molar-refractivity contribution in [1.29, 1.82) is 0 Å². The van der Waals surface area contributed by atoms with Crippen molar-refractivity contribution in [3.63, 3.8) is 0 Å². The molecule has 0 aromatic carbocycles. The highest BCUT2D eigenvalue weighted by Crippen LogP contribution is 2.27. The molecule has 0 saturated heterocycles. The first kappa shape index (κ1) is 11.3. The Morgan fingerprint density at radius 3 is 2.53 bits per heavy atom. The molecule has 1 aromatic heterocycles. The van der Waals surface area contributed by atoms with Crippen LogP contribution in [0.3, 0.4) is 0 Å². The maximum atomic E-state index is 12.1. The summed E-state index contributed by atoms with van der Waals surface area (Å²) in [5.74, 6) is 0. The SMILES string of the molecule is NC(=O)NCc1ccc(C(F)(F)F)nc1. The predicted octanol–water partition coefficient (Wildman–Crippen LogP) is 1.27. The van der Waals surface area contributed by atoms with Crippen LogP contribution in [0.15, 0.2) is 18.3 Å². The summed E-state index contributed by atoms with van der Waals surface area (Å²) >= 11 is 0. The van der Waals surface area contributed by atoms with Crippen LogP contribution >= 0.6 is 0 Å². The maximum Gasteiger partial charge on any atom is 0.433 e. The van der Waals surface area contributed by atoms with Gasteiger partial charge in [-0.2, -0.15) is 13.2 Å². The third-order valence-corrected chi connectivity index (χ3v) is 1.58. The van der Waals surface area contributed by atoms with Crippen LogP contribution in [0.1, 0.15) is 11.3 Å². The number of carbonyl (C=O) groups is 1. The van der Waals surface area contributed by atoms with E-state index in [4.69, 9.17) is 5.73 Å². The number of nitrogens with one attached hydrogen (secondary N) is 1. The normalized spacial score (nSPS) is 11.1. The molecule has 0 bridgehead atoms. The van der Waals surface area contributed by atoms with Crippen LogP contribution in [-0.2, 0) is 12.7 Å². The molecule has 2 amide bonds. The lowest BCUT2D eigenvalue weighted by Gasteiger charge is -2.06. The second kappa shape index (κ2) is 4.16. The summed E-state index contributed by atoms with van der Waals surface area (Å²) in [6, 6.07) is 1.33. The van der Waals surface area contributed by atoms with Crippen LogP contribution in [0.5, 0.6) is 0 Å². The highest BCUT2D eigenvalue weighted by Gasteiger charge is 2.31. The quantitative estimate of drug-likeness (QED) is 0.786. The van der Waals surface area contributed by atoms with Crippen molar-refractivity contribution in [3.05, 3.63) is 29.6 Å². The predicted molar refractivity (Wildman–Crippen MR) is 45.7 cm³/mol. The second-order valence-corrected chi connectivity index (χ2v) is 2.77. The van der Waals surface area contributed by atoms with Gasteiger partial charge in [0.15, 0.2) is 0 Å². The zero-order valence-electron chi connectivity index (χ0n) is 7.51. The van der Waals surface area contributed by atoms with Crippen molar-refractivity contribution in [2.45, 2.75) is 12.7 Å². The molecule has 0 aliphatic carbocycles. The number of pyridine rings is 1. The van der Waals surface area contributed by atoms with E-state index >= 15 is 0 Å². The molecule has 1 rings (SSSR count). The Hall–Kier alpha value is -1.79. The standard InChI is InChI=1S/C8H8F3N3O/c9-8(10,11)6-2-1-5(3-13-6)4-14-7(12)15/h1-3H,4H2,(H3,12,14,15). The number of nitrogens with zero attached hydrogens (tertiary/aromatic N) is 1. The van der Waals surface area contributed by atoms with Crippen LogP contribution in [0.2, 0.25) is 0 Å². The van der Waals surface area contributed by atoms with Crippen LogP contribution in [-0.4, -0.2) is 11.0 Å². The van der Waals surface area contributed by atoms with E-state index in [2.05, 4.69) is 10.3 Å². The van der Waals surface area contributed by atoms with Gasteiger partial charge in [-0.25, -0.2) is 4.79 Å². The molecule has 0 atom stereocenters. The first-order valence-electron chi connectivity index (χ1n) is 3.95. The van der Waals surface area contributed by atoms with Gasteiger partial charge in [-0.1, -0.05) is 6.07 Å². The van der Waals surface area contributed by atoms with E-state index in [0.29, 0.717) is 5.56 Å². The van der Waals surface area contributed by atoms with Gasteiger partial charge < -0.3 is 11.1 Å². The number of hydrogen-bond donors (Lipinski definition) is 2. The lowest BCUT2D eigenvalue weighted by molar-refractivity contribution is -0.141. The highest BCUT2D eigenvalue weighted by molar-refractivity contribution is 5.71. The zero-order chi connectivity index (χ0) is 11.5. The molecule has 3 N–H and O–H groups in total. The van der Waals surface area contributed by atoms with Crippen LogP contribution in [0, 0.1) is 0 Å². The maximum absolute atomic E-state index is 12.1. The Morgan fingerprint density at radius 1 is 1.47 bits per heavy atom. The van der Waals surface area contributed by atoms with Gasteiger partial charge in [0.1, 0.15) is 5.69 Å². The minimum atomic E-state index is -4.45. The number of nitrogens with two attached hydrogens (primary N) is 1. The first-order valence-corrected chi connectivity index (χ1v) is 3.95. The minimum absolute atomic E-state index is 0.0560. The number of halogens is 3. The molecule has 7 heteroatoms. The fraction of sp³-hybridized carbons (Fsp3) is 0.250. The number of rotatable bonds is 2. The van der Waals surface area contributed by atoms with Gasteiger partial charge in [-0.05, 0) is 11.6 Å². The minimum Gasteiger partial charge on any atom is -0.352 e. The molecule has 0 aliphatic heterocycles. The third kappa shape index (κ3) is 3.45. The molecular weight excluding hydrogens is 211 g/mol. The molecule has 0 unspecified atom stereocenters. The lowest BCUT2D eigenvalue weighted by Crippen LogP contribution is -2.28. The molecule has 0 saturated carbocycles. The van der Waals surface area contributed by atoms with Crippen molar-refractivity contribution in [3.8, 4) is 0 Å². The molecule has 1 aromatic rings. The Labute approximate surface area is 83.3 Å². The average molecular weight is 219 g/mol. The van der Waals surface area contributed by atoms with Crippen LogP contribution in [0.25, 0.3) is 0 Å². The Kier molecular flexibility index (Phi) is 3.13. The van der Waals surface area contributed by atoms with Crippen molar-refractivity contribution in [1.82, 2.24) is 10.3 Å². The van der Waals surface area contributed by atoms with Crippen molar-refractivity contribution in [2.24, 2.45) is 5.73 Å². The Bertz CT molecular complexity index is 347. The summed E-state index contributed by atoms with van der Waals surface area (Å²) in [6.45, 7) is 0.0560. The van der Waals surface area contributed by atoms with Gasteiger partial charge in [-0.15, -0.1) is 0 Å². The van der Waals surface area contributed by atoms with E-state index in [-0.39, 0.29) is 6.54 Å². The summed E-state index contributed by atoms with van der Waals surface area (Å²) in [5.41, 5.74) is 4.27. The van der Waals surface area contributed by atoms with E-state index in [1.165, 1.54) is 6.07 Å². The van der Waals surface area contributed by atoms with E-state index in [1.807, 2.05) is 0 Å². The monoisotopic (exact) mass is 219 g/mol. The molecule has 0 fully saturated rings. The number of primary amides is 1. The van der Waals surface area contributed by atoms with Gasteiger partial charge in [0.05, 0.1) is 0 Å². The van der Waals surface area contributed by atoms with Crippen molar-refractivity contribution < 1.29 is 18.0 Å². The Morgan fingerprint density at radius 2 is 2.13 bits per heavy atom. The molecule has 82 valence electrons. The fourth-order valence-electron chi connectivity index (χ4n) is 0.886. The summed E-state index contributed by atoms with van der Waals surface area (Å²) in [7, 11) is 0. The number of amides is 2. The van der Waals surface area contributed by atoms with Gasteiger partial charge in [0, 0.05) is 12.7 Å².